The zero-order valence-corrected chi connectivity index (χ0v) is 12.7. The molecule has 6 heteroatoms. The van der Waals surface area contributed by atoms with Crippen LogP contribution in [0.4, 0.5) is 4.39 Å². The van der Waals surface area contributed by atoms with Crippen molar-refractivity contribution in [2.75, 3.05) is 0 Å². The minimum atomic E-state index is -1.30. The van der Waals surface area contributed by atoms with Gasteiger partial charge in [-0.25, -0.2) is 9.18 Å². The van der Waals surface area contributed by atoms with E-state index in [2.05, 4.69) is 5.32 Å². The van der Waals surface area contributed by atoms with Crippen molar-refractivity contribution in [1.29, 1.82) is 0 Å². The van der Waals surface area contributed by atoms with Crippen LogP contribution in [-0.2, 0) is 6.42 Å². The lowest BCUT2D eigenvalue weighted by atomic mass is 10.0. The molecule has 2 aromatic rings. The fourth-order valence-corrected chi connectivity index (χ4v) is 3.05. The molecule has 118 valence electrons. The second-order valence-electron chi connectivity index (χ2n) is 5.38. The third-order valence-corrected chi connectivity index (χ3v) is 4.29. The van der Waals surface area contributed by atoms with Gasteiger partial charge in [0.2, 0.25) is 0 Å². The Labute approximate surface area is 136 Å². The number of carboxylic acids is 1. The van der Waals surface area contributed by atoms with Crippen molar-refractivity contribution in [2.45, 2.75) is 18.9 Å². The highest BCUT2D eigenvalue weighted by molar-refractivity contribution is 6.33. The van der Waals surface area contributed by atoms with Gasteiger partial charge in [0.1, 0.15) is 5.82 Å². The summed E-state index contributed by atoms with van der Waals surface area (Å²) in [5.41, 5.74) is 1.37. The van der Waals surface area contributed by atoms with Gasteiger partial charge in [-0.3, -0.25) is 4.79 Å². The van der Waals surface area contributed by atoms with Gasteiger partial charge in [0, 0.05) is 0 Å². The summed E-state index contributed by atoms with van der Waals surface area (Å²) in [4.78, 5) is 23.3. The maximum atomic E-state index is 13.9. The number of nitrogens with one attached hydrogen (secondary N) is 1. The van der Waals surface area contributed by atoms with Gasteiger partial charge >= 0.3 is 5.97 Å². The highest BCUT2D eigenvalue weighted by Crippen LogP contribution is 2.33. The van der Waals surface area contributed by atoms with Crippen LogP contribution in [0, 0.1) is 5.82 Å². The SMILES string of the molecule is O=C(O)c1cc2c(cc1F)[C@H](NC(=O)c1ccccc1Cl)CC2. The van der Waals surface area contributed by atoms with E-state index in [0.717, 1.165) is 5.56 Å². The van der Waals surface area contributed by atoms with E-state index in [-0.39, 0.29) is 17.5 Å². The fraction of sp³-hybridized carbons (Fsp3) is 0.176. The molecule has 3 rings (SSSR count). The zero-order chi connectivity index (χ0) is 16.6. The minimum Gasteiger partial charge on any atom is -0.478 e. The molecule has 0 saturated carbocycles. The molecule has 0 saturated heterocycles. The number of hydrogen-bond acceptors (Lipinski definition) is 2. The van der Waals surface area contributed by atoms with Crippen molar-refractivity contribution in [1.82, 2.24) is 5.32 Å². The van der Waals surface area contributed by atoms with Gasteiger partial charge in [-0.15, -0.1) is 0 Å². The summed E-state index contributed by atoms with van der Waals surface area (Å²) in [6, 6.07) is 8.86. The van der Waals surface area contributed by atoms with Crippen LogP contribution >= 0.6 is 11.6 Å². The summed E-state index contributed by atoms with van der Waals surface area (Å²) in [7, 11) is 0. The van der Waals surface area contributed by atoms with E-state index in [1.807, 2.05) is 0 Å². The molecule has 1 atom stereocenters. The molecule has 1 aliphatic rings. The summed E-state index contributed by atoms with van der Waals surface area (Å²) in [6.07, 6.45) is 1.18. The van der Waals surface area contributed by atoms with E-state index in [4.69, 9.17) is 16.7 Å². The number of carbonyl (C=O) groups is 2. The van der Waals surface area contributed by atoms with Gasteiger partial charge in [0.05, 0.1) is 22.2 Å². The number of fused-ring (bicyclic) bond motifs is 1. The largest absolute Gasteiger partial charge is 0.478 e. The molecule has 0 bridgehead atoms. The topological polar surface area (TPSA) is 66.4 Å². The smallest absolute Gasteiger partial charge is 0.338 e. The van der Waals surface area contributed by atoms with E-state index in [1.165, 1.54) is 12.1 Å². The van der Waals surface area contributed by atoms with Crippen LogP contribution in [-0.4, -0.2) is 17.0 Å². The Morgan fingerprint density at radius 1 is 1.22 bits per heavy atom. The van der Waals surface area contributed by atoms with E-state index in [9.17, 15) is 14.0 Å². The third kappa shape index (κ3) is 2.92. The number of carboxylic acid groups (broad SMARTS) is 1. The molecule has 23 heavy (non-hydrogen) atoms. The Morgan fingerprint density at radius 2 is 1.96 bits per heavy atom. The normalized spacial score (nSPS) is 16.0. The summed E-state index contributed by atoms with van der Waals surface area (Å²) in [5, 5.41) is 12.1. The highest BCUT2D eigenvalue weighted by atomic mass is 35.5. The molecule has 2 N–H and O–H groups in total. The van der Waals surface area contributed by atoms with Crippen molar-refractivity contribution >= 4 is 23.5 Å². The van der Waals surface area contributed by atoms with Gasteiger partial charge in [-0.05, 0) is 48.2 Å². The molecule has 0 fully saturated rings. The molecule has 0 aliphatic heterocycles. The van der Waals surface area contributed by atoms with Crippen LogP contribution in [0.5, 0.6) is 0 Å². The van der Waals surface area contributed by atoms with E-state index < -0.39 is 11.8 Å². The summed E-state index contributed by atoms with van der Waals surface area (Å²) >= 11 is 6.00. The third-order valence-electron chi connectivity index (χ3n) is 3.96. The van der Waals surface area contributed by atoms with Crippen LogP contribution in [0.25, 0.3) is 0 Å². The van der Waals surface area contributed by atoms with Crippen LogP contribution in [0.1, 0.15) is 44.3 Å². The lowest BCUT2D eigenvalue weighted by Gasteiger charge is -2.15. The van der Waals surface area contributed by atoms with E-state index >= 15 is 0 Å². The van der Waals surface area contributed by atoms with Gasteiger partial charge in [0.25, 0.3) is 5.91 Å². The molecule has 2 aromatic carbocycles. The first-order chi connectivity index (χ1) is 11.0. The number of amides is 1. The second-order valence-corrected chi connectivity index (χ2v) is 5.79. The zero-order valence-electron chi connectivity index (χ0n) is 12.0. The molecule has 0 aromatic heterocycles. The van der Waals surface area contributed by atoms with Crippen molar-refractivity contribution < 1.29 is 19.1 Å². The number of aromatic carboxylic acids is 1. The Balaban J connectivity index is 1.86. The van der Waals surface area contributed by atoms with Crippen molar-refractivity contribution in [3.05, 3.63) is 69.5 Å². The van der Waals surface area contributed by atoms with Gasteiger partial charge in [-0.1, -0.05) is 23.7 Å². The molecule has 4 nitrogen and oxygen atoms in total. The van der Waals surface area contributed by atoms with Crippen LogP contribution in [0.15, 0.2) is 36.4 Å². The maximum Gasteiger partial charge on any atom is 0.338 e. The van der Waals surface area contributed by atoms with Gasteiger partial charge < -0.3 is 10.4 Å². The number of carbonyl (C=O) groups excluding carboxylic acids is 1. The van der Waals surface area contributed by atoms with E-state index in [0.29, 0.717) is 29.0 Å². The van der Waals surface area contributed by atoms with Crippen LogP contribution in [0.2, 0.25) is 5.02 Å². The average Bonchev–Trinajstić information content (AvgIpc) is 2.88. The average molecular weight is 334 g/mol. The summed E-state index contributed by atoms with van der Waals surface area (Å²) < 4.78 is 13.9. The van der Waals surface area contributed by atoms with Gasteiger partial charge in [0.15, 0.2) is 0 Å². The van der Waals surface area contributed by atoms with Crippen molar-refractivity contribution in [2.24, 2.45) is 0 Å². The molecule has 1 aliphatic carbocycles. The summed E-state index contributed by atoms with van der Waals surface area (Å²) in [5.74, 6) is -2.43. The molecule has 1 amide bonds. The lowest BCUT2D eigenvalue weighted by Crippen LogP contribution is -2.27. The summed E-state index contributed by atoms with van der Waals surface area (Å²) in [6.45, 7) is 0. The number of benzene rings is 2. The Hall–Kier alpha value is -2.40. The lowest BCUT2D eigenvalue weighted by molar-refractivity contribution is 0.0691. The monoisotopic (exact) mass is 333 g/mol. The Bertz CT molecular complexity index is 806. The molecular formula is C17H13ClFNO3. The molecule has 0 spiro atoms. The number of aryl methyl sites for hydroxylation is 1. The van der Waals surface area contributed by atoms with Crippen molar-refractivity contribution in [3.63, 3.8) is 0 Å². The Morgan fingerprint density at radius 3 is 2.65 bits per heavy atom. The molecule has 0 unspecified atom stereocenters. The number of halogens is 2. The first-order valence-electron chi connectivity index (χ1n) is 7.08. The second kappa shape index (κ2) is 6.01. The first-order valence-corrected chi connectivity index (χ1v) is 7.46. The minimum absolute atomic E-state index is 0.337. The number of hydrogen-bond donors (Lipinski definition) is 2. The molecule has 0 heterocycles. The van der Waals surface area contributed by atoms with Crippen molar-refractivity contribution in [3.8, 4) is 0 Å². The van der Waals surface area contributed by atoms with Crippen LogP contribution in [0.3, 0.4) is 0 Å². The number of rotatable bonds is 3. The maximum absolute atomic E-state index is 13.9. The first kappa shape index (κ1) is 15.5. The molecule has 0 radical (unpaired) electrons. The standard InChI is InChI=1S/C17H13ClFNO3/c18-13-4-2-1-3-10(13)16(21)20-15-6-5-9-7-12(17(22)23)14(19)8-11(9)15/h1-4,7-8,15H,5-6H2,(H,20,21)(H,22,23)/t15-/m1/s1. The predicted octanol–water partition coefficient (Wildman–Crippen LogP) is 3.59. The van der Waals surface area contributed by atoms with Crippen LogP contribution < -0.4 is 5.32 Å². The Kier molecular flexibility index (Phi) is 4.05. The highest BCUT2D eigenvalue weighted by Gasteiger charge is 2.27. The quantitative estimate of drug-likeness (QED) is 0.902. The molecular weight excluding hydrogens is 321 g/mol. The van der Waals surface area contributed by atoms with E-state index in [1.54, 1.807) is 24.3 Å². The fourth-order valence-electron chi connectivity index (χ4n) is 2.82. The van der Waals surface area contributed by atoms with Gasteiger partial charge in [-0.2, -0.15) is 0 Å². The predicted molar refractivity (Wildman–Crippen MR) is 83.3 cm³/mol.